The molecule has 0 aromatic carbocycles. The molecule has 0 saturated heterocycles. The van der Waals surface area contributed by atoms with Crippen LogP contribution in [0.1, 0.15) is 19.5 Å². The van der Waals surface area contributed by atoms with Crippen LogP contribution in [0.25, 0.3) is 10.6 Å². The molecule has 23 heavy (non-hydrogen) atoms. The fourth-order valence-electron chi connectivity index (χ4n) is 1.75. The van der Waals surface area contributed by atoms with E-state index in [1.807, 2.05) is 0 Å². The van der Waals surface area contributed by atoms with Crippen molar-refractivity contribution in [3.05, 3.63) is 30.0 Å². The molecule has 1 amide bonds. The lowest BCUT2D eigenvalue weighted by Gasteiger charge is -2.23. The summed E-state index contributed by atoms with van der Waals surface area (Å²) >= 11 is 1.25. The number of halogens is 1. The molecule has 7 heteroatoms. The fourth-order valence-corrected chi connectivity index (χ4v) is 2.75. The van der Waals surface area contributed by atoms with Gasteiger partial charge in [-0.1, -0.05) is 17.3 Å². The molecule has 0 unspecified atom stereocenters. The van der Waals surface area contributed by atoms with Crippen LogP contribution in [0.5, 0.6) is 0 Å². The fraction of sp³-hybridized carbons (Fsp3) is 0.312. The summed E-state index contributed by atoms with van der Waals surface area (Å²) < 4.78 is 18.5. The van der Waals surface area contributed by atoms with Crippen LogP contribution in [0.15, 0.2) is 18.5 Å². The largest absolute Gasteiger partial charge is 0.430 e. The van der Waals surface area contributed by atoms with Crippen LogP contribution >= 0.6 is 11.3 Å². The van der Waals surface area contributed by atoms with Crippen LogP contribution in [0.4, 0.5) is 14.2 Å². The highest BCUT2D eigenvalue weighted by Gasteiger charge is 2.25. The third kappa shape index (κ3) is 3.85. The second-order valence-corrected chi connectivity index (χ2v) is 6.36. The number of rotatable bonds is 3. The van der Waals surface area contributed by atoms with E-state index >= 15 is 0 Å². The van der Waals surface area contributed by atoms with Crippen molar-refractivity contribution in [2.75, 3.05) is 11.9 Å². The molecule has 0 atom stereocenters. The Hall–Kier alpha value is -2.46. The number of ether oxygens (including phenoxy) is 1. The van der Waals surface area contributed by atoms with Gasteiger partial charge in [0.1, 0.15) is 15.8 Å². The molecule has 0 bridgehead atoms. The van der Waals surface area contributed by atoms with E-state index in [9.17, 15) is 9.18 Å². The number of aryl methyl sites for hydroxylation is 1. The number of hydrogen-bond acceptors (Lipinski definition) is 5. The molecule has 0 spiro atoms. The number of terminal acetylenes is 1. The van der Waals surface area contributed by atoms with E-state index in [2.05, 4.69) is 15.9 Å². The predicted molar refractivity (Wildman–Crippen MR) is 87.8 cm³/mol. The van der Waals surface area contributed by atoms with Gasteiger partial charge in [-0.15, -0.1) is 6.42 Å². The van der Waals surface area contributed by atoms with E-state index in [4.69, 9.17) is 11.2 Å². The van der Waals surface area contributed by atoms with Gasteiger partial charge in [-0.25, -0.2) is 14.2 Å². The summed E-state index contributed by atoms with van der Waals surface area (Å²) in [5, 5.41) is 1.17. The van der Waals surface area contributed by atoms with Crippen molar-refractivity contribution in [2.24, 2.45) is 0 Å². The average molecular weight is 333 g/mol. The van der Waals surface area contributed by atoms with Gasteiger partial charge in [0.05, 0.1) is 11.9 Å². The van der Waals surface area contributed by atoms with Crippen molar-refractivity contribution in [1.82, 2.24) is 9.97 Å². The van der Waals surface area contributed by atoms with Crippen molar-refractivity contribution < 1.29 is 13.9 Å². The maximum Gasteiger partial charge on any atom is 0.416 e. The van der Waals surface area contributed by atoms with Gasteiger partial charge in [0.15, 0.2) is 5.60 Å². The number of nitrogens with zero attached hydrogens (tertiary/aromatic N) is 3. The molecular formula is C16H16FN3O2S. The van der Waals surface area contributed by atoms with E-state index < -0.39 is 17.5 Å². The first kappa shape index (κ1) is 16.9. The number of aromatic nitrogens is 2. The van der Waals surface area contributed by atoms with Crippen LogP contribution in [-0.2, 0) is 4.74 Å². The summed E-state index contributed by atoms with van der Waals surface area (Å²) in [4.78, 5) is 21.7. The smallest absolute Gasteiger partial charge is 0.416 e. The number of pyridine rings is 1. The van der Waals surface area contributed by atoms with Gasteiger partial charge in [0, 0.05) is 18.8 Å². The van der Waals surface area contributed by atoms with E-state index in [1.165, 1.54) is 28.5 Å². The van der Waals surface area contributed by atoms with Crippen LogP contribution in [0.2, 0.25) is 0 Å². The van der Waals surface area contributed by atoms with Gasteiger partial charge in [-0.05, 0) is 26.8 Å². The van der Waals surface area contributed by atoms with Gasteiger partial charge >= 0.3 is 6.09 Å². The quantitative estimate of drug-likeness (QED) is 0.805. The Morgan fingerprint density at radius 3 is 2.78 bits per heavy atom. The normalized spacial score (nSPS) is 11.0. The van der Waals surface area contributed by atoms with Crippen LogP contribution in [0.3, 0.4) is 0 Å². The molecule has 2 rings (SSSR count). The number of anilines is 1. The maximum atomic E-state index is 13.3. The Morgan fingerprint density at radius 2 is 2.17 bits per heavy atom. The van der Waals surface area contributed by atoms with Crippen molar-refractivity contribution in [1.29, 1.82) is 0 Å². The highest BCUT2D eigenvalue weighted by molar-refractivity contribution is 7.19. The lowest BCUT2D eigenvalue weighted by molar-refractivity contribution is 0.0854. The maximum absolute atomic E-state index is 13.3. The molecule has 0 fully saturated rings. The molecule has 0 aliphatic heterocycles. The molecule has 0 saturated carbocycles. The third-order valence-electron chi connectivity index (χ3n) is 2.99. The zero-order chi connectivity index (χ0) is 17.2. The van der Waals surface area contributed by atoms with Crippen LogP contribution < -0.4 is 4.90 Å². The minimum Gasteiger partial charge on any atom is -0.430 e. The Kier molecular flexibility index (Phi) is 4.66. The molecule has 2 aromatic rings. The van der Waals surface area contributed by atoms with Crippen molar-refractivity contribution in [2.45, 2.75) is 26.4 Å². The van der Waals surface area contributed by atoms with Crippen molar-refractivity contribution in [3.8, 4) is 22.9 Å². The predicted octanol–water partition coefficient (Wildman–Crippen LogP) is 3.64. The number of carbonyl (C=O) groups is 1. The van der Waals surface area contributed by atoms with Gasteiger partial charge < -0.3 is 4.74 Å². The van der Waals surface area contributed by atoms with Gasteiger partial charge in [0.2, 0.25) is 0 Å². The summed E-state index contributed by atoms with van der Waals surface area (Å²) in [5.41, 5.74) is 0.182. The number of amides is 1. The molecule has 5 nitrogen and oxygen atoms in total. The summed E-state index contributed by atoms with van der Waals surface area (Å²) in [6.45, 7) is 5.02. The molecule has 2 heterocycles. The second kappa shape index (κ2) is 6.34. The molecule has 0 aliphatic carbocycles. The first-order valence-corrected chi connectivity index (χ1v) is 7.58. The average Bonchev–Trinajstić information content (AvgIpc) is 2.88. The monoisotopic (exact) mass is 333 g/mol. The number of hydrogen-bond donors (Lipinski definition) is 0. The van der Waals surface area contributed by atoms with Gasteiger partial charge in [-0.2, -0.15) is 0 Å². The lowest BCUT2D eigenvalue weighted by Crippen LogP contribution is -2.35. The zero-order valence-electron chi connectivity index (χ0n) is 13.3. The molecule has 0 radical (unpaired) electrons. The molecular weight excluding hydrogens is 317 g/mol. The highest BCUT2D eigenvalue weighted by atomic mass is 32.1. The third-order valence-corrected chi connectivity index (χ3v) is 4.28. The summed E-state index contributed by atoms with van der Waals surface area (Å²) in [6, 6.07) is 1.34. The van der Waals surface area contributed by atoms with Gasteiger partial charge in [-0.3, -0.25) is 9.88 Å². The summed E-state index contributed by atoms with van der Waals surface area (Å²) in [6.07, 6.45) is 7.38. The molecule has 0 aliphatic rings. The summed E-state index contributed by atoms with van der Waals surface area (Å²) in [7, 11) is 1.57. The van der Waals surface area contributed by atoms with Crippen LogP contribution in [-0.4, -0.2) is 28.7 Å². The lowest BCUT2D eigenvalue weighted by atomic mass is 10.1. The van der Waals surface area contributed by atoms with Crippen molar-refractivity contribution >= 4 is 22.4 Å². The van der Waals surface area contributed by atoms with Crippen molar-refractivity contribution in [3.63, 3.8) is 0 Å². The van der Waals surface area contributed by atoms with Gasteiger partial charge in [0.25, 0.3) is 0 Å². The zero-order valence-corrected chi connectivity index (χ0v) is 14.1. The van der Waals surface area contributed by atoms with E-state index in [0.29, 0.717) is 21.3 Å². The number of carbonyl (C=O) groups excluding carboxylic acids is 1. The first-order chi connectivity index (χ1) is 10.7. The Labute approximate surface area is 138 Å². The van der Waals surface area contributed by atoms with Crippen LogP contribution in [0, 0.1) is 25.1 Å². The highest BCUT2D eigenvalue weighted by Crippen LogP contribution is 2.34. The van der Waals surface area contributed by atoms with E-state index in [0.717, 1.165) is 6.20 Å². The standard InChI is InChI=1S/C16H16FN3O2S/c1-6-16(3,4)22-15(21)20(5)14-10(2)19-13(23-14)11-7-12(17)9-18-8-11/h1,7-9H,2-5H3. The Bertz CT molecular complexity index is 780. The summed E-state index contributed by atoms with van der Waals surface area (Å²) in [5.74, 6) is 1.95. The first-order valence-electron chi connectivity index (χ1n) is 6.76. The SMILES string of the molecule is C#CC(C)(C)OC(=O)N(C)c1sc(-c2cncc(F)c2)nc1C. The minimum absolute atomic E-state index is 0.444. The Morgan fingerprint density at radius 1 is 1.48 bits per heavy atom. The Balaban J connectivity index is 2.28. The number of thiazole rings is 1. The topological polar surface area (TPSA) is 55.3 Å². The van der Waals surface area contributed by atoms with E-state index in [-0.39, 0.29) is 0 Å². The molecule has 2 aromatic heterocycles. The minimum atomic E-state index is -1.00. The molecule has 0 N–H and O–H groups in total. The second-order valence-electron chi connectivity index (χ2n) is 5.38. The molecule has 120 valence electrons. The van der Waals surface area contributed by atoms with E-state index in [1.54, 1.807) is 27.8 Å².